The van der Waals surface area contributed by atoms with Crippen molar-refractivity contribution in [1.29, 1.82) is 0 Å². The second kappa shape index (κ2) is 8.77. The first-order valence-electron chi connectivity index (χ1n) is 10.7. The zero-order valence-electron chi connectivity index (χ0n) is 19.9. The molecule has 0 aliphatic heterocycles. The van der Waals surface area contributed by atoms with E-state index >= 15 is 0 Å². The molecule has 0 amide bonds. The number of benzene rings is 2. The maximum atomic E-state index is 13.3. The number of ether oxygens (including phenoxy) is 2. The summed E-state index contributed by atoms with van der Waals surface area (Å²) in [5, 5.41) is 0. The van der Waals surface area contributed by atoms with Gasteiger partial charge in [0.05, 0.1) is 11.0 Å². The minimum absolute atomic E-state index is 0.306. The molecular weight excluding hydrogens is 449 g/mol. The number of alkyl halides is 3. The Morgan fingerprint density at radius 2 is 1.53 bits per heavy atom. The van der Waals surface area contributed by atoms with Gasteiger partial charge in [0.25, 0.3) is 5.56 Å². The lowest BCUT2D eigenvalue weighted by atomic mass is 9.92. The van der Waals surface area contributed by atoms with Crippen LogP contribution < -0.4 is 10.3 Å². The molecule has 0 spiro atoms. The minimum atomic E-state index is -4.78. The molecule has 3 rings (SSSR count). The Hall–Kier alpha value is -3.36. The Morgan fingerprint density at radius 3 is 2.06 bits per heavy atom. The monoisotopic (exact) mass is 476 g/mol. The van der Waals surface area contributed by atoms with Crippen LogP contribution in [0.15, 0.2) is 47.3 Å². The normalized spacial score (nSPS) is 12.6. The number of esters is 1. The van der Waals surface area contributed by atoms with E-state index in [1.165, 1.54) is 28.8 Å². The third kappa shape index (κ3) is 6.15. The zero-order chi connectivity index (χ0) is 25.5. The molecule has 0 N–H and O–H groups in total. The number of fused-ring (bicyclic) bond motifs is 1. The fourth-order valence-corrected chi connectivity index (χ4v) is 3.42. The highest BCUT2D eigenvalue weighted by atomic mass is 19.4. The molecule has 9 heteroatoms. The second-order valence-corrected chi connectivity index (χ2v) is 9.96. The highest BCUT2D eigenvalue weighted by Crippen LogP contribution is 2.29. The van der Waals surface area contributed by atoms with Crippen LogP contribution in [-0.2, 0) is 21.5 Å². The molecule has 0 fully saturated rings. The van der Waals surface area contributed by atoms with Crippen LogP contribution in [-0.4, -0.2) is 27.5 Å². The molecular formula is C25H27F3N2O4. The van der Waals surface area contributed by atoms with Gasteiger partial charge in [-0.1, -0.05) is 39.0 Å². The summed E-state index contributed by atoms with van der Waals surface area (Å²) >= 11 is 0. The minimum Gasteiger partial charge on any atom is -0.459 e. The van der Waals surface area contributed by atoms with Crippen molar-refractivity contribution < 1.29 is 27.4 Å². The van der Waals surface area contributed by atoms with Crippen molar-refractivity contribution in [1.82, 2.24) is 9.55 Å². The van der Waals surface area contributed by atoms with Crippen molar-refractivity contribution in [2.45, 2.75) is 65.5 Å². The zero-order valence-corrected chi connectivity index (χ0v) is 19.9. The van der Waals surface area contributed by atoms with Crippen LogP contribution in [0.5, 0.6) is 5.75 Å². The van der Waals surface area contributed by atoms with E-state index in [0.29, 0.717) is 27.9 Å². The first-order valence-corrected chi connectivity index (χ1v) is 10.7. The molecule has 3 aromatic rings. The third-order valence-electron chi connectivity index (χ3n) is 4.79. The van der Waals surface area contributed by atoms with Gasteiger partial charge in [-0.25, -0.2) is 4.98 Å². The van der Waals surface area contributed by atoms with Crippen LogP contribution in [0, 0.1) is 0 Å². The number of rotatable bonds is 4. The quantitative estimate of drug-likeness (QED) is 0.459. The van der Waals surface area contributed by atoms with E-state index in [9.17, 15) is 22.8 Å². The lowest BCUT2D eigenvalue weighted by Gasteiger charge is -2.22. The summed E-state index contributed by atoms with van der Waals surface area (Å²) < 4.78 is 48.0. The maximum Gasteiger partial charge on any atom is 0.573 e. The fourth-order valence-electron chi connectivity index (χ4n) is 3.42. The fraction of sp³-hybridized carbons (Fsp3) is 0.400. The van der Waals surface area contributed by atoms with Crippen molar-refractivity contribution in [2.75, 3.05) is 0 Å². The van der Waals surface area contributed by atoms with Gasteiger partial charge in [0.2, 0.25) is 0 Å². The van der Waals surface area contributed by atoms with Crippen LogP contribution in [0.1, 0.15) is 47.2 Å². The van der Waals surface area contributed by atoms with Crippen molar-refractivity contribution >= 4 is 17.0 Å². The molecule has 0 radical (unpaired) electrons. The molecule has 0 saturated carbocycles. The number of hydrogen-bond acceptors (Lipinski definition) is 5. The largest absolute Gasteiger partial charge is 0.573 e. The van der Waals surface area contributed by atoms with Crippen molar-refractivity contribution in [3.05, 3.63) is 58.5 Å². The van der Waals surface area contributed by atoms with Crippen LogP contribution in [0.25, 0.3) is 22.2 Å². The van der Waals surface area contributed by atoms with E-state index < -0.39 is 28.9 Å². The SMILES string of the molecule is CC(C)(C)OC(=O)Cn1c(=O)c(C(C)(C)C)nc2ccc(-c3ccc(OC(F)(F)F)cc3)cc21. The predicted octanol–water partition coefficient (Wildman–Crippen LogP) is 5.60. The average Bonchev–Trinajstić information content (AvgIpc) is 2.66. The molecule has 1 aromatic heterocycles. The van der Waals surface area contributed by atoms with E-state index in [2.05, 4.69) is 9.72 Å². The molecule has 182 valence electrons. The summed E-state index contributed by atoms with van der Waals surface area (Å²) in [6.45, 7) is 10.5. The van der Waals surface area contributed by atoms with E-state index in [0.717, 1.165) is 0 Å². The molecule has 0 atom stereocenters. The highest BCUT2D eigenvalue weighted by Gasteiger charge is 2.31. The van der Waals surface area contributed by atoms with Gasteiger partial charge in [-0.05, 0) is 56.2 Å². The summed E-state index contributed by atoms with van der Waals surface area (Å²) in [5.74, 6) is -0.906. The molecule has 34 heavy (non-hydrogen) atoms. The Balaban J connectivity index is 2.11. The second-order valence-electron chi connectivity index (χ2n) is 9.96. The number of carbonyl (C=O) groups excluding carboxylic acids is 1. The molecule has 0 unspecified atom stereocenters. The summed E-state index contributed by atoms with van der Waals surface area (Å²) in [4.78, 5) is 30.5. The van der Waals surface area contributed by atoms with Gasteiger partial charge in [-0.3, -0.25) is 14.2 Å². The van der Waals surface area contributed by atoms with Gasteiger partial charge in [0, 0.05) is 5.41 Å². The molecule has 2 aromatic carbocycles. The number of carbonyl (C=O) groups is 1. The van der Waals surface area contributed by atoms with Gasteiger partial charge in [-0.2, -0.15) is 0 Å². The number of aromatic nitrogens is 2. The van der Waals surface area contributed by atoms with Crippen molar-refractivity contribution in [3.8, 4) is 16.9 Å². The van der Waals surface area contributed by atoms with E-state index in [-0.39, 0.29) is 12.3 Å². The summed E-state index contributed by atoms with van der Waals surface area (Å²) in [6, 6.07) is 10.5. The number of halogens is 3. The Morgan fingerprint density at radius 1 is 0.941 bits per heavy atom. The molecule has 6 nitrogen and oxygen atoms in total. The van der Waals surface area contributed by atoms with E-state index in [4.69, 9.17) is 4.74 Å². The topological polar surface area (TPSA) is 70.4 Å². The first kappa shape index (κ1) is 25.3. The van der Waals surface area contributed by atoms with Gasteiger partial charge in [0.1, 0.15) is 23.6 Å². The van der Waals surface area contributed by atoms with Crippen LogP contribution in [0.4, 0.5) is 13.2 Å². The van der Waals surface area contributed by atoms with Crippen LogP contribution in [0.3, 0.4) is 0 Å². The van der Waals surface area contributed by atoms with Crippen molar-refractivity contribution in [3.63, 3.8) is 0 Å². The standard InChI is InChI=1S/C25H27F3N2O4/c1-23(2,3)21-22(32)30(14-20(31)34-24(4,5)6)19-13-16(9-12-18(19)29-21)15-7-10-17(11-8-15)33-25(26,27)28/h7-13H,14H2,1-6H3. The predicted molar refractivity (Wildman–Crippen MR) is 123 cm³/mol. The molecule has 0 aliphatic rings. The molecule has 0 aliphatic carbocycles. The van der Waals surface area contributed by atoms with E-state index in [1.54, 1.807) is 39.0 Å². The van der Waals surface area contributed by atoms with Crippen LogP contribution in [0.2, 0.25) is 0 Å². The smallest absolute Gasteiger partial charge is 0.459 e. The van der Waals surface area contributed by atoms with Gasteiger partial charge >= 0.3 is 12.3 Å². The lowest BCUT2D eigenvalue weighted by Crippen LogP contribution is -2.36. The van der Waals surface area contributed by atoms with Crippen molar-refractivity contribution in [2.24, 2.45) is 0 Å². The third-order valence-corrected chi connectivity index (χ3v) is 4.79. The van der Waals surface area contributed by atoms with Crippen LogP contribution >= 0.6 is 0 Å². The summed E-state index contributed by atoms with van der Waals surface area (Å²) in [7, 11) is 0. The van der Waals surface area contributed by atoms with Gasteiger partial charge in [0.15, 0.2) is 0 Å². The molecule has 0 saturated heterocycles. The first-order chi connectivity index (χ1) is 15.5. The number of nitrogens with zero attached hydrogens (tertiary/aromatic N) is 2. The van der Waals surface area contributed by atoms with E-state index in [1.807, 2.05) is 20.8 Å². The maximum absolute atomic E-state index is 13.3. The molecule has 0 bridgehead atoms. The Kier molecular flexibility index (Phi) is 6.52. The Labute approximate surface area is 195 Å². The summed E-state index contributed by atoms with van der Waals surface area (Å²) in [5.41, 5.74) is 0.782. The average molecular weight is 476 g/mol. The molecule has 1 heterocycles. The van der Waals surface area contributed by atoms with Gasteiger partial charge in [-0.15, -0.1) is 13.2 Å². The highest BCUT2D eigenvalue weighted by molar-refractivity contribution is 5.83. The Bertz CT molecular complexity index is 1270. The van der Waals surface area contributed by atoms with Gasteiger partial charge < -0.3 is 9.47 Å². The number of hydrogen-bond donors (Lipinski definition) is 0. The lowest BCUT2D eigenvalue weighted by molar-refractivity contribution is -0.274. The summed E-state index contributed by atoms with van der Waals surface area (Å²) in [6.07, 6.45) is -4.78.